The molecule has 38 heavy (non-hydrogen) atoms. The molecule has 9 rings (SSSR count). The molecule has 3 aliphatic heterocycles. The van der Waals surface area contributed by atoms with Crippen LogP contribution >= 0.6 is 0 Å². The van der Waals surface area contributed by atoms with Crippen LogP contribution in [0.4, 0.5) is 0 Å². The Bertz CT molecular complexity index is 1910. The van der Waals surface area contributed by atoms with E-state index in [-0.39, 0.29) is 0 Å². The highest BCUT2D eigenvalue weighted by atomic mass is 16.5. The lowest BCUT2D eigenvalue weighted by molar-refractivity contribution is -0.997. The molecule has 178 valence electrons. The summed E-state index contributed by atoms with van der Waals surface area (Å²) in [5.41, 5.74) is 7.29. The molecular weight excluding hydrogens is 470 g/mol. The number of pyridine rings is 1. The Balaban J connectivity index is 1.35. The molecule has 4 aromatic carbocycles. The van der Waals surface area contributed by atoms with Crippen LogP contribution in [0, 0.1) is 0 Å². The van der Waals surface area contributed by atoms with Crippen molar-refractivity contribution in [1.82, 2.24) is 4.68 Å². The summed E-state index contributed by atoms with van der Waals surface area (Å²) in [4.78, 5) is 0. The van der Waals surface area contributed by atoms with E-state index in [0.717, 1.165) is 51.1 Å². The lowest BCUT2D eigenvalue weighted by Gasteiger charge is -2.31. The Hall–Kier alpha value is -5.16. The van der Waals surface area contributed by atoms with Crippen LogP contribution in [0.25, 0.3) is 27.9 Å². The predicted octanol–water partition coefficient (Wildman–Crippen LogP) is 6.21. The van der Waals surface area contributed by atoms with Crippen molar-refractivity contribution < 1.29 is 18.7 Å². The largest absolute Gasteiger partial charge is 0.455 e. The standard InChI is InChI=1S/C33H21N3O2/c1-2-8-22(9-3-1)23-13-15-24(16-14-23)25-17-18-28-31-32(25)35-20-7-21-36(35)33(31)30-26(37-28)10-6-11-27(30)38-29-12-4-5-19-34(29)33/h1-21H/q+2. The van der Waals surface area contributed by atoms with E-state index in [9.17, 15) is 0 Å². The maximum atomic E-state index is 6.57. The summed E-state index contributed by atoms with van der Waals surface area (Å²) < 4.78 is 19.8. The van der Waals surface area contributed by atoms with Gasteiger partial charge in [0.2, 0.25) is 6.20 Å². The van der Waals surface area contributed by atoms with Gasteiger partial charge in [0.1, 0.15) is 17.2 Å². The highest BCUT2D eigenvalue weighted by Crippen LogP contribution is 2.56. The number of nitrogens with zero attached hydrogens (tertiary/aromatic N) is 3. The molecule has 0 saturated heterocycles. The number of ether oxygens (including phenoxy) is 2. The van der Waals surface area contributed by atoms with Crippen molar-refractivity contribution in [2.24, 2.45) is 0 Å². The number of hydrogen-bond donors (Lipinski definition) is 0. The van der Waals surface area contributed by atoms with Gasteiger partial charge < -0.3 is 9.47 Å². The number of rotatable bonds is 2. The molecule has 3 aliphatic rings. The summed E-state index contributed by atoms with van der Waals surface area (Å²) in [7, 11) is 0. The zero-order chi connectivity index (χ0) is 24.8. The summed E-state index contributed by atoms with van der Waals surface area (Å²) in [6, 6.07) is 37.9. The zero-order valence-electron chi connectivity index (χ0n) is 20.3. The minimum atomic E-state index is -0.673. The van der Waals surface area contributed by atoms with Crippen LogP contribution in [0.3, 0.4) is 0 Å². The van der Waals surface area contributed by atoms with Gasteiger partial charge in [-0.05, 0) is 51.7 Å². The van der Waals surface area contributed by atoms with Crippen molar-refractivity contribution in [3.63, 3.8) is 0 Å². The van der Waals surface area contributed by atoms with E-state index in [1.807, 2.05) is 36.4 Å². The number of fused-ring (bicyclic) bond motifs is 3. The van der Waals surface area contributed by atoms with Crippen LogP contribution in [0.15, 0.2) is 128 Å². The second kappa shape index (κ2) is 6.99. The Kier molecular flexibility index (Phi) is 3.67. The summed E-state index contributed by atoms with van der Waals surface area (Å²) in [6.45, 7) is 0. The van der Waals surface area contributed by atoms with Gasteiger partial charge >= 0.3 is 11.5 Å². The van der Waals surface area contributed by atoms with Crippen molar-refractivity contribution in [2.75, 3.05) is 0 Å². The molecule has 1 unspecified atom stereocenters. The van der Waals surface area contributed by atoms with E-state index in [2.05, 4.69) is 105 Å². The molecule has 0 bridgehead atoms. The average molecular weight is 492 g/mol. The average Bonchev–Trinajstić information content (AvgIpc) is 3.57. The van der Waals surface area contributed by atoms with Crippen LogP contribution < -0.4 is 18.7 Å². The second-order valence-electron chi connectivity index (χ2n) is 9.87. The molecule has 0 fully saturated rings. The van der Waals surface area contributed by atoms with E-state index in [4.69, 9.17) is 9.47 Å². The summed E-state index contributed by atoms with van der Waals surface area (Å²) in [5, 5.41) is 0. The first-order valence-electron chi connectivity index (χ1n) is 12.8. The van der Waals surface area contributed by atoms with Crippen molar-refractivity contribution in [3.8, 4) is 51.1 Å². The SMILES string of the molecule is c1ccc(-c2ccc(-c3ccc4c5c3-n3ccc[n+]3C53c5c(cccc5Oc5cccc[n+]53)O4)cc2)cc1. The fourth-order valence-electron chi connectivity index (χ4n) is 6.47. The molecule has 0 radical (unpaired) electrons. The molecule has 1 atom stereocenters. The first-order chi connectivity index (χ1) is 18.8. The zero-order valence-corrected chi connectivity index (χ0v) is 20.3. The smallest absolute Gasteiger partial charge is 0.452 e. The monoisotopic (exact) mass is 491 g/mol. The molecule has 0 N–H and O–H groups in total. The molecule has 5 heterocycles. The fraction of sp³-hybridized carbons (Fsp3) is 0.0303. The Morgan fingerprint density at radius 1 is 0.553 bits per heavy atom. The normalized spacial score (nSPS) is 16.9. The molecule has 6 aromatic rings. The maximum absolute atomic E-state index is 6.57. The predicted molar refractivity (Wildman–Crippen MR) is 142 cm³/mol. The highest BCUT2D eigenvalue weighted by molar-refractivity contribution is 5.81. The van der Waals surface area contributed by atoms with Crippen molar-refractivity contribution in [3.05, 3.63) is 139 Å². The first kappa shape index (κ1) is 20.0. The van der Waals surface area contributed by atoms with Crippen LogP contribution in [0.2, 0.25) is 0 Å². The molecule has 5 nitrogen and oxygen atoms in total. The Morgan fingerprint density at radius 2 is 1.29 bits per heavy atom. The number of hydrogen-bond acceptors (Lipinski definition) is 2. The van der Waals surface area contributed by atoms with Gasteiger partial charge in [0.05, 0.1) is 12.3 Å². The minimum Gasteiger partial charge on any atom is -0.455 e. The third kappa shape index (κ3) is 2.32. The van der Waals surface area contributed by atoms with Gasteiger partial charge in [0, 0.05) is 17.7 Å². The molecule has 2 aromatic heterocycles. The summed E-state index contributed by atoms with van der Waals surface area (Å²) in [5.74, 6) is 3.26. The lowest BCUT2D eigenvalue weighted by atomic mass is 9.83. The second-order valence-corrected chi connectivity index (χ2v) is 9.87. The lowest BCUT2D eigenvalue weighted by Crippen LogP contribution is -2.75. The molecule has 0 aliphatic carbocycles. The van der Waals surface area contributed by atoms with Crippen LogP contribution in [0.1, 0.15) is 11.1 Å². The van der Waals surface area contributed by atoms with Gasteiger partial charge in [-0.1, -0.05) is 65.2 Å². The fourth-order valence-corrected chi connectivity index (χ4v) is 6.47. The van der Waals surface area contributed by atoms with Crippen LogP contribution in [-0.4, -0.2) is 4.68 Å². The van der Waals surface area contributed by atoms with Crippen LogP contribution in [-0.2, 0) is 5.66 Å². The molecule has 0 saturated carbocycles. The topological polar surface area (TPSA) is 31.1 Å². The van der Waals surface area contributed by atoms with E-state index in [1.165, 1.54) is 11.1 Å². The van der Waals surface area contributed by atoms with Crippen molar-refractivity contribution >= 4 is 0 Å². The van der Waals surface area contributed by atoms with Gasteiger partial charge in [-0.15, -0.1) is 4.68 Å². The van der Waals surface area contributed by atoms with E-state index < -0.39 is 5.66 Å². The first-order valence-corrected chi connectivity index (χ1v) is 12.8. The van der Waals surface area contributed by atoms with E-state index in [0.29, 0.717) is 0 Å². The van der Waals surface area contributed by atoms with Crippen molar-refractivity contribution in [2.45, 2.75) is 5.66 Å². The number of benzene rings is 4. The molecule has 0 amide bonds. The Morgan fingerprint density at radius 3 is 2.16 bits per heavy atom. The minimum absolute atomic E-state index is 0.673. The summed E-state index contributed by atoms with van der Waals surface area (Å²) in [6.07, 6.45) is 6.38. The van der Waals surface area contributed by atoms with Gasteiger partial charge in [-0.25, -0.2) is 0 Å². The van der Waals surface area contributed by atoms with E-state index >= 15 is 0 Å². The molecule has 5 heteroatoms. The van der Waals surface area contributed by atoms with Gasteiger partial charge in [0.25, 0.3) is 0 Å². The maximum Gasteiger partial charge on any atom is 0.452 e. The van der Waals surface area contributed by atoms with E-state index in [1.54, 1.807) is 0 Å². The summed E-state index contributed by atoms with van der Waals surface area (Å²) >= 11 is 0. The van der Waals surface area contributed by atoms with Gasteiger partial charge in [-0.2, -0.15) is 0 Å². The highest BCUT2D eigenvalue weighted by Gasteiger charge is 2.71. The Labute approximate surface area is 219 Å². The van der Waals surface area contributed by atoms with Gasteiger partial charge in [0.15, 0.2) is 23.1 Å². The van der Waals surface area contributed by atoms with Crippen LogP contribution in [0.5, 0.6) is 23.1 Å². The quantitative estimate of drug-likeness (QED) is 0.269. The third-order valence-corrected chi connectivity index (χ3v) is 7.98. The number of aromatic nitrogens is 3. The molecular formula is C33H21N3O2+2. The van der Waals surface area contributed by atoms with Crippen molar-refractivity contribution in [1.29, 1.82) is 0 Å². The van der Waals surface area contributed by atoms with Gasteiger partial charge in [-0.3, -0.25) is 0 Å². The third-order valence-electron chi connectivity index (χ3n) is 7.98. The molecule has 1 spiro atoms.